The number of hydrogen-bond acceptors (Lipinski definition) is 6. The standard InChI is InChI=1S/C29H36O6/c1-19-9-13-24-28(2,16-15-25(31)29(24,3)18-30)22(19)12-11-21-23(17-34-27(21)33)35-26(32)14-10-20-7-5-4-6-8-20/h4-8,10-11,14,22-25,30-31H,1,9,12-13,15-18H2,2-3H3/t22-,23+,24?,25+,28+,29-/m0/s1. The molecule has 2 aliphatic carbocycles. The second-order valence-electron chi connectivity index (χ2n) is 10.7. The fourth-order valence-corrected chi connectivity index (χ4v) is 6.56. The molecule has 6 atom stereocenters. The Labute approximate surface area is 207 Å². The van der Waals surface area contributed by atoms with Gasteiger partial charge in [0.2, 0.25) is 0 Å². The van der Waals surface area contributed by atoms with Gasteiger partial charge >= 0.3 is 11.9 Å². The van der Waals surface area contributed by atoms with Crippen molar-refractivity contribution in [3.05, 3.63) is 65.8 Å². The van der Waals surface area contributed by atoms with E-state index in [0.717, 1.165) is 30.4 Å². The van der Waals surface area contributed by atoms with Crippen molar-refractivity contribution in [1.82, 2.24) is 0 Å². The number of aliphatic hydroxyl groups is 2. The normalized spacial score (nSPS) is 36.3. The molecular formula is C29H36O6. The molecule has 0 spiro atoms. The van der Waals surface area contributed by atoms with Crippen LogP contribution in [0.5, 0.6) is 0 Å². The van der Waals surface area contributed by atoms with E-state index in [4.69, 9.17) is 9.47 Å². The first kappa shape index (κ1) is 25.4. The van der Waals surface area contributed by atoms with Crippen LogP contribution in [-0.4, -0.2) is 47.6 Å². The van der Waals surface area contributed by atoms with Gasteiger partial charge in [0.15, 0.2) is 6.10 Å². The summed E-state index contributed by atoms with van der Waals surface area (Å²) in [5, 5.41) is 20.9. The highest BCUT2D eigenvalue weighted by molar-refractivity contribution is 5.93. The fraction of sp³-hybridized carbons (Fsp3) is 0.517. The molecular weight excluding hydrogens is 444 g/mol. The zero-order valence-corrected chi connectivity index (χ0v) is 20.6. The lowest BCUT2D eigenvalue weighted by Crippen LogP contribution is -2.57. The minimum Gasteiger partial charge on any atom is -0.458 e. The fourth-order valence-electron chi connectivity index (χ4n) is 6.56. The third kappa shape index (κ3) is 4.87. The summed E-state index contributed by atoms with van der Waals surface area (Å²) < 4.78 is 10.8. The summed E-state index contributed by atoms with van der Waals surface area (Å²) in [6, 6.07) is 9.44. The predicted octanol–water partition coefficient (Wildman–Crippen LogP) is 4.23. The zero-order chi connectivity index (χ0) is 25.2. The number of aliphatic hydroxyl groups excluding tert-OH is 2. The molecule has 1 aliphatic heterocycles. The van der Waals surface area contributed by atoms with Gasteiger partial charge in [0, 0.05) is 11.5 Å². The van der Waals surface area contributed by atoms with Crippen molar-refractivity contribution in [2.24, 2.45) is 22.7 Å². The molecule has 0 aromatic heterocycles. The van der Waals surface area contributed by atoms with E-state index >= 15 is 0 Å². The summed E-state index contributed by atoms with van der Waals surface area (Å²) in [6.07, 6.45) is 7.32. The number of cyclic esters (lactones) is 1. The Morgan fingerprint density at radius 1 is 1.26 bits per heavy atom. The molecule has 188 valence electrons. The number of benzene rings is 1. The molecule has 1 unspecified atom stereocenters. The Morgan fingerprint density at radius 3 is 2.71 bits per heavy atom. The first-order valence-corrected chi connectivity index (χ1v) is 12.5. The van der Waals surface area contributed by atoms with E-state index < -0.39 is 29.6 Å². The van der Waals surface area contributed by atoms with Crippen molar-refractivity contribution < 1.29 is 29.3 Å². The third-order valence-corrected chi connectivity index (χ3v) is 8.69. The molecule has 0 radical (unpaired) electrons. The summed E-state index contributed by atoms with van der Waals surface area (Å²) >= 11 is 0. The van der Waals surface area contributed by atoms with E-state index in [-0.39, 0.29) is 30.5 Å². The largest absolute Gasteiger partial charge is 0.458 e. The van der Waals surface area contributed by atoms with Gasteiger partial charge in [-0.25, -0.2) is 9.59 Å². The smallest absolute Gasteiger partial charge is 0.337 e. The van der Waals surface area contributed by atoms with Crippen LogP contribution in [0.25, 0.3) is 6.08 Å². The molecule has 6 nitrogen and oxygen atoms in total. The number of ether oxygens (including phenoxy) is 2. The van der Waals surface area contributed by atoms with E-state index in [0.29, 0.717) is 18.4 Å². The Balaban J connectivity index is 1.49. The minimum absolute atomic E-state index is 0.00979. The monoisotopic (exact) mass is 480 g/mol. The van der Waals surface area contributed by atoms with E-state index in [9.17, 15) is 19.8 Å². The van der Waals surface area contributed by atoms with Crippen molar-refractivity contribution in [3.8, 4) is 0 Å². The third-order valence-electron chi connectivity index (χ3n) is 8.69. The number of hydrogen-bond donors (Lipinski definition) is 2. The maximum absolute atomic E-state index is 12.5. The number of carbonyl (C=O) groups excluding carboxylic acids is 2. The lowest BCUT2D eigenvalue weighted by atomic mass is 9.46. The van der Waals surface area contributed by atoms with Gasteiger partial charge < -0.3 is 19.7 Å². The van der Waals surface area contributed by atoms with Gasteiger partial charge in [0.1, 0.15) is 6.61 Å². The van der Waals surface area contributed by atoms with Crippen LogP contribution in [0.15, 0.2) is 60.2 Å². The Hall–Kier alpha value is -2.70. The average Bonchev–Trinajstić information content (AvgIpc) is 3.19. The van der Waals surface area contributed by atoms with Gasteiger partial charge in [0.25, 0.3) is 0 Å². The molecule has 2 N–H and O–H groups in total. The highest BCUT2D eigenvalue weighted by Crippen LogP contribution is 2.61. The van der Waals surface area contributed by atoms with Crippen LogP contribution < -0.4 is 0 Å². The maximum Gasteiger partial charge on any atom is 0.337 e. The molecule has 0 bridgehead atoms. The Bertz CT molecular complexity index is 1030. The Kier molecular flexibility index (Phi) is 7.34. The van der Waals surface area contributed by atoms with Crippen molar-refractivity contribution in [3.63, 3.8) is 0 Å². The lowest BCUT2D eigenvalue weighted by molar-refractivity contribution is -0.151. The maximum atomic E-state index is 12.5. The average molecular weight is 481 g/mol. The SMILES string of the molecule is C=C1CCC2[C@](C)(CO)[C@H](O)CC[C@]2(C)[C@H]1CC=C1C(=O)OC[C@H]1OC(=O)C=Cc1ccccc1. The second kappa shape index (κ2) is 10.1. The van der Waals surface area contributed by atoms with Crippen LogP contribution in [-0.2, 0) is 19.1 Å². The first-order chi connectivity index (χ1) is 16.7. The van der Waals surface area contributed by atoms with Crippen molar-refractivity contribution >= 4 is 18.0 Å². The molecule has 35 heavy (non-hydrogen) atoms. The van der Waals surface area contributed by atoms with Crippen LogP contribution in [0.1, 0.15) is 51.5 Å². The van der Waals surface area contributed by atoms with Crippen LogP contribution >= 0.6 is 0 Å². The van der Waals surface area contributed by atoms with E-state index in [1.807, 2.05) is 43.3 Å². The zero-order valence-electron chi connectivity index (χ0n) is 20.6. The summed E-state index contributed by atoms with van der Waals surface area (Å²) in [7, 11) is 0. The summed E-state index contributed by atoms with van der Waals surface area (Å²) in [5.41, 5.74) is 1.66. The number of allylic oxidation sites excluding steroid dienone is 2. The van der Waals surface area contributed by atoms with Crippen LogP contribution in [0, 0.1) is 22.7 Å². The van der Waals surface area contributed by atoms with Crippen LogP contribution in [0.3, 0.4) is 0 Å². The lowest BCUT2D eigenvalue weighted by Gasteiger charge is -2.59. The predicted molar refractivity (Wildman–Crippen MR) is 133 cm³/mol. The Morgan fingerprint density at radius 2 is 2.00 bits per heavy atom. The van der Waals surface area contributed by atoms with Gasteiger partial charge in [-0.3, -0.25) is 0 Å². The molecule has 4 rings (SSSR count). The second-order valence-corrected chi connectivity index (χ2v) is 10.7. The van der Waals surface area contributed by atoms with Crippen molar-refractivity contribution in [1.29, 1.82) is 0 Å². The quantitative estimate of drug-likeness (QED) is 0.360. The van der Waals surface area contributed by atoms with Crippen molar-refractivity contribution in [2.75, 3.05) is 13.2 Å². The summed E-state index contributed by atoms with van der Waals surface area (Å²) in [4.78, 5) is 24.9. The van der Waals surface area contributed by atoms with Crippen molar-refractivity contribution in [2.45, 2.75) is 58.2 Å². The number of esters is 2. The van der Waals surface area contributed by atoms with E-state index in [2.05, 4.69) is 13.5 Å². The van der Waals surface area contributed by atoms with Crippen LogP contribution in [0.2, 0.25) is 0 Å². The molecule has 0 amide bonds. The molecule has 1 aromatic rings. The van der Waals surface area contributed by atoms with Crippen LogP contribution in [0.4, 0.5) is 0 Å². The molecule has 6 heteroatoms. The number of carbonyl (C=O) groups is 2. The van der Waals surface area contributed by atoms with Gasteiger partial charge in [-0.2, -0.15) is 0 Å². The van der Waals surface area contributed by atoms with Gasteiger partial charge in [0.05, 0.1) is 18.3 Å². The number of rotatable bonds is 6. The van der Waals surface area contributed by atoms with Gasteiger partial charge in [-0.1, -0.05) is 62.4 Å². The molecule has 1 saturated heterocycles. The molecule has 3 aliphatic rings. The number of fused-ring (bicyclic) bond motifs is 1. The molecule has 1 heterocycles. The summed E-state index contributed by atoms with van der Waals surface area (Å²) in [6.45, 7) is 8.50. The van der Waals surface area contributed by atoms with Gasteiger partial charge in [-0.15, -0.1) is 0 Å². The molecule has 2 saturated carbocycles. The highest BCUT2D eigenvalue weighted by atomic mass is 16.6. The topological polar surface area (TPSA) is 93.1 Å². The first-order valence-electron chi connectivity index (χ1n) is 12.5. The van der Waals surface area contributed by atoms with Gasteiger partial charge in [-0.05, 0) is 61.0 Å². The van der Waals surface area contributed by atoms with E-state index in [1.165, 1.54) is 6.08 Å². The summed E-state index contributed by atoms with van der Waals surface area (Å²) in [5.74, 6) is -0.755. The highest BCUT2D eigenvalue weighted by Gasteiger charge is 2.57. The minimum atomic E-state index is -0.744. The molecule has 3 fully saturated rings. The van der Waals surface area contributed by atoms with E-state index in [1.54, 1.807) is 6.08 Å². The molecule has 1 aromatic carbocycles.